The number of hydrogen-bond donors (Lipinski definition) is 1. The summed E-state index contributed by atoms with van der Waals surface area (Å²) in [6.07, 6.45) is 1.94. The normalized spacial score (nSPS) is 16.7. The Labute approximate surface area is 146 Å². The molecule has 1 atom stereocenters. The van der Waals surface area contributed by atoms with Crippen molar-refractivity contribution in [3.8, 4) is 11.1 Å². The maximum absolute atomic E-state index is 13.1. The van der Waals surface area contributed by atoms with Crippen LogP contribution in [0.1, 0.15) is 26.2 Å². The summed E-state index contributed by atoms with van der Waals surface area (Å²) in [6.45, 7) is 2.45. The number of halogens is 1. The van der Waals surface area contributed by atoms with Crippen LogP contribution in [0.5, 0.6) is 0 Å². The molecule has 5 heteroatoms. The minimum absolute atomic E-state index is 0.0118. The number of nitrogens with one attached hydrogen (secondary N) is 1. The van der Waals surface area contributed by atoms with E-state index >= 15 is 0 Å². The average molecular weight is 340 g/mol. The second-order valence-electron chi connectivity index (χ2n) is 6.18. The summed E-state index contributed by atoms with van der Waals surface area (Å²) in [4.78, 5) is 26.2. The van der Waals surface area contributed by atoms with Crippen molar-refractivity contribution in [2.24, 2.45) is 0 Å². The highest BCUT2D eigenvalue weighted by Crippen LogP contribution is 2.24. The van der Waals surface area contributed by atoms with Crippen LogP contribution in [-0.2, 0) is 9.59 Å². The molecular weight excluding hydrogens is 319 g/mol. The van der Waals surface area contributed by atoms with E-state index in [1.807, 2.05) is 31.2 Å². The molecule has 0 aliphatic carbocycles. The number of rotatable bonds is 4. The lowest BCUT2D eigenvalue weighted by Crippen LogP contribution is -2.42. The molecule has 1 heterocycles. The van der Waals surface area contributed by atoms with Crippen molar-refractivity contribution in [3.05, 3.63) is 54.3 Å². The Balaban J connectivity index is 1.74. The number of carbonyl (C=O) groups is 2. The molecule has 2 amide bonds. The standard InChI is InChI=1S/C20H21FN2O2/c1-2-19(24)23-12-4-7-18(23)20(25)22-17-6-3-5-15(13-17)14-8-10-16(21)11-9-14/h3,5-6,8-11,13,18H,2,4,7,12H2,1H3,(H,22,25)/t18-/m0/s1. The minimum Gasteiger partial charge on any atom is -0.331 e. The van der Waals surface area contributed by atoms with Crippen LogP contribution in [0.3, 0.4) is 0 Å². The van der Waals surface area contributed by atoms with E-state index in [0.29, 0.717) is 25.1 Å². The van der Waals surface area contributed by atoms with E-state index in [1.54, 1.807) is 17.0 Å². The summed E-state index contributed by atoms with van der Waals surface area (Å²) in [7, 11) is 0. The Morgan fingerprint density at radius 2 is 1.92 bits per heavy atom. The van der Waals surface area contributed by atoms with E-state index in [9.17, 15) is 14.0 Å². The summed E-state index contributed by atoms with van der Waals surface area (Å²) in [5.41, 5.74) is 2.44. The maximum atomic E-state index is 13.1. The smallest absolute Gasteiger partial charge is 0.247 e. The highest BCUT2D eigenvalue weighted by Gasteiger charge is 2.33. The van der Waals surface area contributed by atoms with Gasteiger partial charge < -0.3 is 10.2 Å². The van der Waals surface area contributed by atoms with Gasteiger partial charge in [-0.15, -0.1) is 0 Å². The number of benzene rings is 2. The molecule has 2 aromatic rings. The van der Waals surface area contributed by atoms with Crippen LogP contribution in [0, 0.1) is 5.82 Å². The van der Waals surface area contributed by atoms with Gasteiger partial charge in [0.15, 0.2) is 0 Å². The zero-order valence-corrected chi connectivity index (χ0v) is 14.2. The lowest BCUT2D eigenvalue weighted by atomic mass is 10.0. The van der Waals surface area contributed by atoms with Crippen LogP contribution in [0.2, 0.25) is 0 Å². The first kappa shape index (κ1) is 17.1. The molecule has 0 saturated carbocycles. The molecule has 1 aliphatic heterocycles. The zero-order chi connectivity index (χ0) is 17.8. The van der Waals surface area contributed by atoms with E-state index in [1.165, 1.54) is 12.1 Å². The molecule has 1 saturated heterocycles. The van der Waals surface area contributed by atoms with Crippen LogP contribution in [-0.4, -0.2) is 29.3 Å². The molecule has 4 nitrogen and oxygen atoms in total. The Hall–Kier alpha value is -2.69. The van der Waals surface area contributed by atoms with Gasteiger partial charge in [0.1, 0.15) is 11.9 Å². The summed E-state index contributed by atoms with van der Waals surface area (Å²) in [6, 6.07) is 13.2. The Morgan fingerprint density at radius 3 is 2.64 bits per heavy atom. The third kappa shape index (κ3) is 3.87. The van der Waals surface area contributed by atoms with Crippen LogP contribution in [0.25, 0.3) is 11.1 Å². The Kier molecular flexibility index (Phi) is 5.12. The van der Waals surface area contributed by atoms with Crippen molar-refractivity contribution >= 4 is 17.5 Å². The first-order chi connectivity index (χ1) is 12.1. The molecule has 0 aromatic heterocycles. The molecule has 1 N–H and O–H groups in total. The third-order valence-corrected chi connectivity index (χ3v) is 4.49. The molecule has 1 aliphatic rings. The fraction of sp³-hybridized carbons (Fsp3) is 0.300. The topological polar surface area (TPSA) is 49.4 Å². The number of nitrogens with zero attached hydrogens (tertiary/aromatic N) is 1. The number of carbonyl (C=O) groups excluding carboxylic acids is 2. The summed E-state index contributed by atoms with van der Waals surface area (Å²) < 4.78 is 13.1. The van der Waals surface area contributed by atoms with Gasteiger partial charge in [-0.05, 0) is 48.2 Å². The van der Waals surface area contributed by atoms with E-state index < -0.39 is 6.04 Å². The van der Waals surface area contributed by atoms with E-state index in [0.717, 1.165) is 17.5 Å². The molecule has 130 valence electrons. The van der Waals surface area contributed by atoms with E-state index in [4.69, 9.17) is 0 Å². The first-order valence-electron chi connectivity index (χ1n) is 8.55. The van der Waals surface area contributed by atoms with Crippen LogP contribution < -0.4 is 5.32 Å². The Bertz CT molecular complexity index is 774. The monoisotopic (exact) mass is 340 g/mol. The van der Waals surface area contributed by atoms with Crippen molar-refractivity contribution in [2.45, 2.75) is 32.2 Å². The first-order valence-corrected chi connectivity index (χ1v) is 8.55. The van der Waals surface area contributed by atoms with Crippen molar-refractivity contribution in [1.82, 2.24) is 4.90 Å². The van der Waals surface area contributed by atoms with Gasteiger partial charge in [-0.2, -0.15) is 0 Å². The van der Waals surface area contributed by atoms with Gasteiger partial charge in [0.05, 0.1) is 0 Å². The highest BCUT2D eigenvalue weighted by molar-refractivity contribution is 5.98. The second-order valence-corrected chi connectivity index (χ2v) is 6.18. The van der Waals surface area contributed by atoms with Gasteiger partial charge in [-0.1, -0.05) is 31.2 Å². The molecular formula is C20H21FN2O2. The van der Waals surface area contributed by atoms with Crippen LogP contribution >= 0.6 is 0 Å². The van der Waals surface area contributed by atoms with Crippen molar-refractivity contribution in [1.29, 1.82) is 0 Å². The molecule has 25 heavy (non-hydrogen) atoms. The average Bonchev–Trinajstić information content (AvgIpc) is 3.12. The quantitative estimate of drug-likeness (QED) is 0.919. The van der Waals surface area contributed by atoms with Crippen molar-refractivity contribution in [3.63, 3.8) is 0 Å². The second kappa shape index (κ2) is 7.47. The fourth-order valence-corrected chi connectivity index (χ4v) is 3.19. The van der Waals surface area contributed by atoms with E-state index in [2.05, 4.69) is 5.32 Å². The lowest BCUT2D eigenvalue weighted by Gasteiger charge is -2.23. The number of anilines is 1. The minimum atomic E-state index is -0.401. The van der Waals surface area contributed by atoms with Gasteiger partial charge in [0.25, 0.3) is 0 Å². The molecule has 2 aromatic carbocycles. The summed E-state index contributed by atoms with van der Waals surface area (Å²) in [5.74, 6) is -0.427. The predicted molar refractivity (Wildman–Crippen MR) is 95.5 cm³/mol. The van der Waals surface area contributed by atoms with Gasteiger partial charge >= 0.3 is 0 Å². The third-order valence-electron chi connectivity index (χ3n) is 4.49. The fourth-order valence-electron chi connectivity index (χ4n) is 3.19. The maximum Gasteiger partial charge on any atom is 0.247 e. The van der Waals surface area contributed by atoms with Crippen LogP contribution in [0.15, 0.2) is 48.5 Å². The van der Waals surface area contributed by atoms with Gasteiger partial charge in [0.2, 0.25) is 11.8 Å². The van der Waals surface area contributed by atoms with Crippen molar-refractivity contribution in [2.75, 3.05) is 11.9 Å². The summed E-state index contributed by atoms with van der Waals surface area (Å²) in [5, 5.41) is 2.91. The highest BCUT2D eigenvalue weighted by atomic mass is 19.1. The number of amides is 2. The molecule has 0 unspecified atom stereocenters. The molecule has 1 fully saturated rings. The SMILES string of the molecule is CCC(=O)N1CCC[C@H]1C(=O)Nc1cccc(-c2ccc(F)cc2)c1. The Morgan fingerprint density at radius 1 is 1.16 bits per heavy atom. The molecule has 3 rings (SSSR count). The van der Waals surface area contributed by atoms with Gasteiger partial charge in [0, 0.05) is 18.7 Å². The summed E-state index contributed by atoms with van der Waals surface area (Å²) >= 11 is 0. The molecule has 0 bridgehead atoms. The number of hydrogen-bond acceptors (Lipinski definition) is 2. The van der Waals surface area contributed by atoms with Gasteiger partial charge in [-0.25, -0.2) is 4.39 Å². The van der Waals surface area contributed by atoms with E-state index in [-0.39, 0.29) is 17.6 Å². The molecule has 0 spiro atoms. The van der Waals surface area contributed by atoms with Crippen molar-refractivity contribution < 1.29 is 14.0 Å². The van der Waals surface area contributed by atoms with Gasteiger partial charge in [-0.3, -0.25) is 9.59 Å². The zero-order valence-electron chi connectivity index (χ0n) is 14.2. The lowest BCUT2D eigenvalue weighted by molar-refractivity contribution is -0.136. The molecule has 0 radical (unpaired) electrons. The predicted octanol–water partition coefficient (Wildman–Crippen LogP) is 3.83. The van der Waals surface area contributed by atoms with Crippen LogP contribution in [0.4, 0.5) is 10.1 Å². The number of likely N-dealkylation sites (tertiary alicyclic amines) is 1. The largest absolute Gasteiger partial charge is 0.331 e.